The van der Waals surface area contributed by atoms with E-state index in [0.29, 0.717) is 12.4 Å². The fourth-order valence-electron chi connectivity index (χ4n) is 2.07. The molecule has 5 nitrogen and oxygen atoms in total. The second-order valence-electron chi connectivity index (χ2n) is 4.86. The molecule has 0 unspecified atom stereocenters. The van der Waals surface area contributed by atoms with Crippen LogP contribution in [-0.4, -0.2) is 23.6 Å². The highest BCUT2D eigenvalue weighted by molar-refractivity contribution is 5.47. The van der Waals surface area contributed by atoms with Crippen molar-refractivity contribution in [1.29, 1.82) is 0 Å². The Morgan fingerprint density at radius 2 is 1.86 bits per heavy atom. The van der Waals surface area contributed by atoms with Crippen LogP contribution in [0.15, 0.2) is 30.3 Å². The minimum absolute atomic E-state index is 0.401. The number of hydrogen-bond donors (Lipinski definition) is 2. The fourth-order valence-corrected chi connectivity index (χ4v) is 2.07. The number of hydrogen-bond acceptors (Lipinski definition) is 5. The van der Waals surface area contributed by atoms with Crippen LogP contribution in [0.1, 0.15) is 23.9 Å². The highest BCUT2D eigenvalue weighted by Crippen LogP contribution is 2.13. The zero-order chi connectivity index (χ0) is 15.1. The van der Waals surface area contributed by atoms with Crippen molar-refractivity contribution in [2.75, 3.05) is 24.3 Å². The zero-order valence-corrected chi connectivity index (χ0v) is 12.8. The van der Waals surface area contributed by atoms with Crippen LogP contribution in [0.2, 0.25) is 0 Å². The molecule has 0 saturated carbocycles. The van der Waals surface area contributed by atoms with Gasteiger partial charge < -0.3 is 15.4 Å². The van der Waals surface area contributed by atoms with Gasteiger partial charge in [0.1, 0.15) is 18.2 Å². The average Bonchev–Trinajstić information content (AvgIpc) is 2.46. The fraction of sp³-hybridized carbons (Fsp3) is 0.375. The van der Waals surface area contributed by atoms with Crippen LogP contribution in [0.4, 0.5) is 11.6 Å². The molecule has 0 aliphatic heterocycles. The molecule has 0 atom stereocenters. The van der Waals surface area contributed by atoms with Gasteiger partial charge >= 0.3 is 0 Å². The minimum atomic E-state index is 0.401. The molecule has 0 bridgehead atoms. The molecule has 0 aliphatic carbocycles. The summed E-state index contributed by atoms with van der Waals surface area (Å²) in [5, 5.41) is 6.55. The van der Waals surface area contributed by atoms with E-state index in [1.807, 2.05) is 13.0 Å². The smallest absolute Gasteiger partial charge is 0.158 e. The Hall–Kier alpha value is -2.14. The summed E-state index contributed by atoms with van der Waals surface area (Å²) in [5.74, 6) is 2.28. The molecule has 5 heteroatoms. The molecule has 112 valence electrons. The van der Waals surface area contributed by atoms with Gasteiger partial charge in [0.2, 0.25) is 0 Å². The lowest BCUT2D eigenvalue weighted by molar-refractivity contribution is 0.178. The van der Waals surface area contributed by atoms with E-state index in [1.165, 1.54) is 11.1 Å². The number of nitrogens with zero attached hydrogens (tertiary/aromatic N) is 2. The van der Waals surface area contributed by atoms with Crippen LogP contribution >= 0.6 is 0 Å². The van der Waals surface area contributed by atoms with Crippen molar-refractivity contribution in [3.05, 3.63) is 47.3 Å². The predicted octanol–water partition coefficient (Wildman–Crippen LogP) is 2.98. The summed E-state index contributed by atoms with van der Waals surface area (Å²) in [7, 11) is 1.64. The molecule has 0 saturated heterocycles. The number of aryl methyl sites for hydroxylation is 1. The van der Waals surface area contributed by atoms with Crippen molar-refractivity contribution in [3.63, 3.8) is 0 Å². The quantitative estimate of drug-likeness (QED) is 0.819. The van der Waals surface area contributed by atoms with E-state index in [9.17, 15) is 0 Å². The van der Waals surface area contributed by atoms with Gasteiger partial charge in [0.15, 0.2) is 5.82 Å². The molecule has 0 radical (unpaired) electrons. The minimum Gasteiger partial charge on any atom is -0.377 e. The largest absolute Gasteiger partial charge is 0.377 e. The van der Waals surface area contributed by atoms with Gasteiger partial charge in [-0.1, -0.05) is 29.8 Å². The van der Waals surface area contributed by atoms with Crippen LogP contribution in [0.5, 0.6) is 0 Å². The van der Waals surface area contributed by atoms with E-state index in [4.69, 9.17) is 4.74 Å². The third-order valence-electron chi connectivity index (χ3n) is 2.96. The summed E-state index contributed by atoms with van der Waals surface area (Å²) in [6.07, 6.45) is 0. The number of aromatic nitrogens is 2. The molecule has 1 aromatic carbocycles. The molecule has 1 heterocycles. The first-order valence-electron chi connectivity index (χ1n) is 7.11. The van der Waals surface area contributed by atoms with E-state index in [-0.39, 0.29) is 0 Å². The predicted molar refractivity (Wildman–Crippen MR) is 85.4 cm³/mol. The molecule has 0 aliphatic rings. The van der Waals surface area contributed by atoms with Crippen LogP contribution in [0, 0.1) is 6.92 Å². The molecule has 2 rings (SSSR count). The lowest BCUT2D eigenvalue weighted by Crippen LogP contribution is -2.08. The highest BCUT2D eigenvalue weighted by atomic mass is 16.5. The van der Waals surface area contributed by atoms with Crippen molar-refractivity contribution >= 4 is 11.6 Å². The Morgan fingerprint density at radius 3 is 2.52 bits per heavy atom. The van der Waals surface area contributed by atoms with Crippen molar-refractivity contribution in [2.24, 2.45) is 0 Å². The SMILES string of the molecule is CCNc1cc(NCc2cccc(C)c2)nc(COC)n1. The van der Waals surface area contributed by atoms with Gasteiger partial charge in [-0.2, -0.15) is 0 Å². The van der Waals surface area contributed by atoms with Gasteiger partial charge in [-0.15, -0.1) is 0 Å². The summed E-state index contributed by atoms with van der Waals surface area (Å²) >= 11 is 0. The van der Waals surface area contributed by atoms with Crippen LogP contribution in [0.25, 0.3) is 0 Å². The van der Waals surface area contributed by atoms with Gasteiger partial charge in [0.25, 0.3) is 0 Å². The molecule has 0 fully saturated rings. The number of anilines is 2. The maximum absolute atomic E-state index is 5.11. The molecule has 0 spiro atoms. The lowest BCUT2D eigenvalue weighted by Gasteiger charge is -2.11. The Labute approximate surface area is 125 Å². The Kier molecular flexibility index (Phi) is 5.51. The van der Waals surface area contributed by atoms with Crippen molar-refractivity contribution in [3.8, 4) is 0 Å². The first kappa shape index (κ1) is 15.3. The second kappa shape index (κ2) is 7.59. The summed E-state index contributed by atoms with van der Waals surface area (Å²) in [4.78, 5) is 8.85. The van der Waals surface area contributed by atoms with E-state index in [1.54, 1.807) is 7.11 Å². The molecule has 1 aromatic heterocycles. The van der Waals surface area contributed by atoms with Gasteiger partial charge in [0, 0.05) is 26.3 Å². The number of nitrogens with one attached hydrogen (secondary N) is 2. The Bertz CT molecular complexity index is 562. The van der Waals surface area contributed by atoms with E-state index in [2.05, 4.69) is 51.8 Å². The third-order valence-corrected chi connectivity index (χ3v) is 2.96. The summed E-state index contributed by atoms with van der Waals surface area (Å²) in [5.41, 5.74) is 2.48. The highest BCUT2D eigenvalue weighted by Gasteiger charge is 2.04. The van der Waals surface area contributed by atoms with Crippen molar-refractivity contribution in [1.82, 2.24) is 9.97 Å². The first-order valence-corrected chi connectivity index (χ1v) is 7.11. The van der Waals surface area contributed by atoms with Gasteiger partial charge in [-0.05, 0) is 19.4 Å². The number of methoxy groups -OCH3 is 1. The summed E-state index contributed by atoms with van der Waals surface area (Å²) < 4.78 is 5.11. The van der Waals surface area contributed by atoms with Gasteiger partial charge in [-0.3, -0.25) is 0 Å². The average molecular weight is 286 g/mol. The molecule has 2 N–H and O–H groups in total. The lowest BCUT2D eigenvalue weighted by atomic mass is 10.1. The maximum Gasteiger partial charge on any atom is 0.158 e. The third kappa shape index (κ3) is 4.72. The number of benzene rings is 1. The number of ether oxygens (including phenoxy) is 1. The molecular weight excluding hydrogens is 264 g/mol. The van der Waals surface area contributed by atoms with E-state index >= 15 is 0 Å². The van der Waals surface area contributed by atoms with Crippen LogP contribution in [0.3, 0.4) is 0 Å². The summed E-state index contributed by atoms with van der Waals surface area (Å²) in [6.45, 7) is 6.09. The van der Waals surface area contributed by atoms with Crippen LogP contribution < -0.4 is 10.6 Å². The van der Waals surface area contributed by atoms with Gasteiger partial charge in [0.05, 0.1) is 0 Å². The van der Waals surface area contributed by atoms with Crippen LogP contribution in [-0.2, 0) is 17.9 Å². The summed E-state index contributed by atoms with van der Waals surface area (Å²) in [6, 6.07) is 10.3. The zero-order valence-electron chi connectivity index (χ0n) is 12.8. The Morgan fingerprint density at radius 1 is 1.10 bits per heavy atom. The van der Waals surface area contributed by atoms with E-state index in [0.717, 1.165) is 24.7 Å². The number of rotatable bonds is 7. The van der Waals surface area contributed by atoms with Crippen molar-refractivity contribution in [2.45, 2.75) is 27.0 Å². The van der Waals surface area contributed by atoms with Crippen molar-refractivity contribution < 1.29 is 4.74 Å². The molecule has 0 amide bonds. The molecular formula is C16H22N4O. The molecule has 21 heavy (non-hydrogen) atoms. The monoisotopic (exact) mass is 286 g/mol. The standard InChI is InChI=1S/C16H22N4O/c1-4-17-14-9-15(20-16(19-14)11-21-3)18-10-13-7-5-6-12(2)8-13/h5-9H,4,10-11H2,1-3H3,(H2,17,18,19,20). The molecule has 2 aromatic rings. The normalized spacial score (nSPS) is 10.4. The van der Waals surface area contributed by atoms with E-state index < -0.39 is 0 Å². The second-order valence-corrected chi connectivity index (χ2v) is 4.86. The Balaban J connectivity index is 2.10. The van der Waals surface area contributed by atoms with Gasteiger partial charge in [-0.25, -0.2) is 9.97 Å². The maximum atomic E-state index is 5.11. The topological polar surface area (TPSA) is 59.1 Å². The first-order chi connectivity index (χ1) is 10.2.